The molecular weight excluding hydrogens is 90.1 g/mol. The zero-order chi connectivity index (χ0) is 5.70. The van der Waals surface area contributed by atoms with Gasteiger partial charge in [-0.3, -0.25) is 0 Å². The van der Waals surface area contributed by atoms with Gasteiger partial charge in [-0.15, -0.1) is 0 Å². The minimum atomic E-state index is 0.264. The fraction of sp³-hybridized carbons (Fsp3) is 1.00. The predicted molar refractivity (Wildman–Crippen MR) is 29.6 cm³/mol. The second-order valence-electron chi connectivity index (χ2n) is 1.57. The Hall–Kier alpha value is -0.0800. The van der Waals surface area contributed by atoms with Crippen LogP contribution in [-0.4, -0.2) is 6.10 Å². The molecular formula is C5H13NO. The van der Waals surface area contributed by atoms with E-state index in [4.69, 9.17) is 5.90 Å². The molecule has 44 valence electrons. The van der Waals surface area contributed by atoms with Crippen LogP contribution < -0.4 is 5.90 Å². The van der Waals surface area contributed by atoms with Gasteiger partial charge >= 0.3 is 0 Å². The first-order valence-corrected chi connectivity index (χ1v) is 2.70. The Balaban J connectivity index is 2.99. The van der Waals surface area contributed by atoms with E-state index < -0.39 is 0 Å². The monoisotopic (exact) mass is 103 g/mol. The zero-order valence-corrected chi connectivity index (χ0v) is 4.98. The third kappa shape index (κ3) is 2.60. The van der Waals surface area contributed by atoms with Gasteiger partial charge in [0.25, 0.3) is 0 Å². The average Bonchev–Trinajstić information content (AvgIpc) is 1.72. The molecule has 0 spiro atoms. The van der Waals surface area contributed by atoms with E-state index in [0.717, 1.165) is 12.8 Å². The quantitative estimate of drug-likeness (QED) is 0.542. The summed E-state index contributed by atoms with van der Waals surface area (Å²) < 4.78 is 0. The topological polar surface area (TPSA) is 35.2 Å². The van der Waals surface area contributed by atoms with Gasteiger partial charge in [0.05, 0.1) is 6.10 Å². The SMILES string of the molecule is CCC(CC)ON. The molecule has 2 N–H and O–H groups in total. The standard InChI is InChI=1S/C5H13NO/c1-3-5(4-2)7-6/h5H,3-4,6H2,1-2H3. The van der Waals surface area contributed by atoms with E-state index in [0.29, 0.717) is 0 Å². The third-order valence-corrected chi connectivity index (χ3v) is 1.10. The largest absolute Gasteiger partial charge is 0.301 e. The minimum absolute atomic E-state index is 0.264. The summed E-state index contributed by atoms with van der Waals surface area (Å²) in [5.74, 6) is 4.89. The molecule has 0 aliphatic heterocycles. The lowest BCUT2D eigenvalue weighted by atomic mass is 10.2. The van der Waals surface area contributed by atoms with E-state index in [1.54, 1.807) is 0 Å². The lowest BCUT2D eigenvalue weighted by molar-refractivity contribution is 0.0483. The van der Waals surface area contributed by atoms with Gasteiger partial charge in [-0.1, -0.05) is 13.8 Å². The van der Waals surface area contributed by atoms with Crippen molar-refractivity contribution in [3.63, 3.8) is 0 Å². The molecule has 0 heterocycles. The normalized spacial score (nSPS) is 10.3. The maximum Gasteiger partial charge on any atom is 0.0782 e. The Kier molecular flexibility index (Phi) is 4.04. The van der Waals surface area contributed by atoms with Crippen molar-refractivity contribution in [2.75, 3.05) is 0 Å². The molecule has 0 saturated heterocycles. The molecule has 0 atom stereocenters. The fourth-order valence-electron chi connectivity index (χ4n) is 0.481. The van der Waals surface area contributed by atoms with Crippen molar-refractivity contribution in [3.8, 4) is 0 Å². The van der Waals surface area contributed by atoms with Crippen molar-refractivity contribution in [2.24, 2.45) is 5.90 Å². The molecule has 0 unspecified atom stereocenters. The molecule has 0 radical (unpaired) electrons. The first-order valence-electron chi connectivity index (χ1n) is 2.70. The summed E-state index contributed by atoms with van der Waals surface area (Å²) in [6.45, 7) is 4.11. The molecule has 0 aliphatic rings. The first-order chi connectivity index (χ1) is 3.35. The van der Waals surface area contributed by atoms with Crippen LogP contribution in [0.4, 0.5) is 0 Å². The highest BCUT2D eigenvalue weighted by molar-refractivity contribution is 4.46. The van der Waals surface area contributed by atoms with Crippen LogP contribution in [0.25, 0.3) is 0 Å². The Morgan fingerprint density at radius 3 is 1.86 bits per heavy atom. The van der Waals surface area contributed by atoms with Crippen LogP contribution in [0.3, 0.4) is 0 Å². The molecule has 0 saturated carbocycles. The highest BCUT2D eigenvalue weighted by Crippen LogP contribution is 1.97. The van der Waals surface area contributed by atoms with Crippen LogP contribution in [0.15, 0.2) is 0 Å². The van der Waals surface area contributed by atoms with E-state index in [1.165, 1.54) is 0 Å². The Labute approximate surface area is 44.6 Å². The molecule has 0 amide bonds. The highest BCUT2D eigenvalue weighted by Gasteiger charge is 1.97. The molecule has 7 heavy (non-hydrogen) atoms. The summed E-state index contributed by atoms with van der Waals surface area (Å²) >= 11 is 0. The zero-order valence-electron chi connectivity index (χ0n) is 4.98. The summed E-state index contributed by atoms with van der Waals surface area (Å²) in [7, 11) is 0. The summed E-state index contributed by atoms with van der Waals surface area (Å²) in [4.78, 5) is 4.55. The van der Waals surface area contributed by atoms with Crippen LogP contribution >= 0.6 is 0 Å². The number of rotatable bonds is 3. The molecule has 0 fully saturated rings. The van der Waals surface area contributed by atoms with Gasteiger partial charge in [0.2, 0.25) is 0 Å². The van der Waals surface area contributed by atoms with Crippen LogP contribution in [0.2, 0.25) is 0 Å². The lowest BCUT2D eigenvalue weighted by Gasteiger charge is -2.06. The Morgan fingerprint density at radius 2 is 1.86 bits per heavy atom. The molecule has 2 nitrogen and oxygen atoms in total. The van der Waals surface area contributed by atoms with Crippen LogP contribution in [0, 0.1) is 0 Å². The van der Waals surface area contributed by atoms with Gasteiger partial charge < -0.3 is 4.84 Å². The number of hydrogen-bond acceptors (Lipinski definition) is 2. The van der Waals surface area contributed by atoms with Gasteiger partial charge in [-0.05, 0) is 12.8 Å². The molecule has 2 heteroatoms. The van der Waals surface area contributed by atoms with E-state index in [9.17, 15) is 0 Å². The summed E-state index contributed by atoms with van der Waals surface area (Å²) in [6, 6.07) is 0. The van der Waals surface area contributed by atoms with Gasteiger partial charge in [0, 0.05) is 0 Å². The second kappa shape index (κ2) is 4.09. The molecule has 0 aromatic carbocycles. The van der Waals surface area contributed by atoms with Crippen molar-refractivity contribution in [1.29, 1.82) is 0 Å². The summed E-state index contributed by atoms with van der Waals surface area (Å²) in [5.41, 5.74) is 0. The van der Waals surface area contributed by atoms with Crippen LogP contribution in [-0.2, 0) is 4.84 Å². The van der Waals surface area contributed by atoms with E-state index in [2.05, 4.69) is 18.7 Å². The van der Waals surface area contributed by atoms with Crippen molar-refractivity contribution in [2.45, 2.75) is 32.8 Å². The van der Waals surface area contributed by atoms with Gasteiger partial charge in [0.15, 0.2) is 0 Å². The van der Waals surface area contributed by atoms with Gasteiger partial charge in [0.1, 0.15) is 0 Å². The summed E-state index contributed by atoms with van der Waals surface area (Å²) in [5, 5.41) is 0. The average molecular weight is 103 g/mol. The molecule has 0 aromatic rings. The van der Waals surface area contributed by atoms with Gasteiger partial charge in [-0.25, -0.2) is 5.90 Å². The maximum absolute atomic E-state index is 4.89. The minimum Gasteiger partial charge on any atom is -0.301 e. The lowest BCUT2D eigenvalue weighted by Crippen LogP contribution is -2.14. The van der Waals surface area contributed by atoms with Crippen LogP contribution in [0.5, 0.6) is 0 Å². The second-order valence-corrected chi connectivity index (χ2v) is 1.57. The number of hydrogen-bond donors (Lipinski definition) is 1. The molecule has 0 aliphatic carbocycles. The van der Waals surface area contributed by atoms with E-state index >= 15 is 0 Å². The van der Waals surface area contributed by atoms with Crippen molar-refractivity contribution in [3.05, 3.63) is 0 Å². The molecule has 0 rings (SSSR count). The Bertz CT molecular complexity index is 29.6. The number of nitrogens with two attached hydrogens (primary N) is 1. The fourth-order valence-corrected chi connectivity index (χ4v) is 0.481. The van der Waals surface area contributed by atoms with Gasteiger partial charge in [-0.2, -0.15) is 0 Å². The predicted octanol–water partition coefficient (Wildman–Crippen LogP) is 1.07. The third-order valence-electron chi connectivity index (χ3n) is 1.10. The Morgan fingerprint density at radius 1 is 1.43 bits per heavy atom. The first kappa shape index (κ1) is 6.92. The summed E-state index contributed by atoms with van der Waals surface area (Å²) in [6.07, 6.45) is 2.28. The smallest absolute Gasteiger partial charge is 0.0782 e. The molecule has 0 aromatic heterocycles. The molecule has 0 bridgehead atoms. The van der Waals surface area contributed by atoms with Crippen molar-refractivity contribution in [1.82, 2.24) is 0 Å². The maximum atomic E-state index is 4.89. The van der Waals surface area contributed by atoms with E-state index in [-0.39, 0.29) is 6.10 Å². The highest BCUT2D eigenvalue weighted by atomic mass is 16.6. The van der Waals surface area contributed by atoms with Crippen LogP contribution in [0.1, 0.15) is 26.7 Å². The van der Waals surface area contributed by atoms with Crippen molar-refractivity contribution >= 4 is 0 Å². The van der Waals surface area contributed by atoms with E-state index in [1.807, 2.05) is 0 Å². The van der Waals surface area contributed by atoms with Crippen molar-refractivity contribution < 1.29 is 4.84 Å².